The lowest BCUT2D eigenvalue weighted by Crippen LogP contribution is -2.65. The summed E-state index contributed by atoms with van der Waals surface area (Å²) in [7, 11) is 1.33. The van der Waals surface area contributed by atoms with Crippen LogP contribution >= 0.6 is 0 Å². The Kier molecular flexibility index (Phi) is 3.90. The lowest BCUT2D eigenvalue weighted by atomic mass is 9.80. The molecule has 1 spiro atoms. The fourth-order valence-corrected chi connectivity index (χ4v) is 2.88. The fourth-order valence-electron chi connectivity index (χ4n) is 2.88. The average Bonchev–Trinajstić information content (AvgIpc) is 2.52. The van der Waals surface area contributed by atoms with Crippen LogP contribution in [-0.4, -0.2) is 56.0 Å². The van der Waals surface area contributed by atoms with Crippen molar-refractivity contribution in [2.75, 3.05) is 33.4 Å². The highest BCUT2D eigenvalue weighted by Gasteiger charge is 2.50. The predicted molar refractivity (Wildman–Crippen MR) is 82.1 cm³/mol. The van der Waals surface area contributed by atoms with Crippen molar-refractivity contribution in [3.05, 3.63) is 35.4 Å². The van der Waals surface area contributed by atoms with Gasteiger partial charge in [-0.05, 0) is 38.1 Å². The molecule has 0 saturated carbocycles. The number of esters is 1. The summed E-state index contributed by atoms with van der Waals surface area (Å²) in [6.07, 6.45) is 0. The van der Waals surface area contributed by atoms with Gasteiger partial charge in [0.2, 0.25) is 0 Å². The molecule has 2 heterocycles. The van der Waals surface area contributed by atoms with E-state index in [2.05, 4.69) is 4.74 Å². The largest absolute Gasteiger partial charge is 0.465 e. The van der Waals surface area contributed by atoms with E-state index in [9.17, 15) is 9.59 Å². The monoisotopic (exact) mass is 319 g/mol. The van der Waals surface area contributed by atoms with Gasteiger partial charge in [0.1, 0.15) is 0 Å². The quantitative estimate of drug-likeness (QED) is 0.776. The molecule has 0 aliphatic carbocycles. The molecule has 0 bridgehead atoms. The van der Waals surface area contributed by atoms with E-state index in [1.54, 1.807) is 29.2 Å². The zero-order chi connectivity index (χ0) is 16.7. The molecule has 3 rings (SSSR count). The highest BCUT2D eigenvalue weighted by atomic mass is 16.7. The van der Waals surface area contributed by atoms with Crippen LogP contribution in [0.25, 0.3) is 0 Å². The number of ether oxygens (including phenoxy) is 3. The molecule has 1 aromatic rings. The SMILES string of the molecule is COC(=O)c1ccc(C(=O)N2CC3(COC(C)(C)OC3)C2)cc1. The second-order valence-electron chi connectivity index (χ2n) is 6.71. The first-order chi connectivity index (χ1) is 10.8. The summed E-state index contributed by atoms with van der Waals surface area (Å²) in [5, 5.41) is 0. The summed E-state index contributed by atoms with van der Waals surface area (Å²) in [5.41, 5.74) is 0.905. The number of methoxy groups -OCH3 is 1. The van der Waals surface area contributed by atoms with Crippen LogP contribution < -0.4 is 0 Å². The zero-order valence-electron chi connectivity index (χ0n) is 13.6. The number of hydrogen-bond acceptors (Lipinski definition) is 5. The number of likely N-dealkylation sites (tertiary alicyclic amines) is 1. The third-order valence-electron chi connectivity index (χ3n) is 4.34. The second-order valence-corrected chi connectivity index (χ2v) is 6.71. The van der Waals surface area contributed by atoms with Crippen LogP contribution in [0.1, 0.15) is 34.6 Å². The van der Waals surface area contributed by atoms with Crippen LogP contribution in [0.5, 0.6) is 0 Å². The molecule has 0 atom stereocenters. The highest BCUT2D eigenvalue weighted by molar-refractivity contribution is 5.96. The first-order valence-electron chi connectivity index (χ1n) is 7.60. The molecular formula is C17H21NO5. The molecule has 23 heavy (non-hydrogen) atoms. The second kappa shape index (κ2) is 5.62. The van der Waals surface area contributed by atoms with Gasteiger partial charge in [-0.15, -0.1) is 0 Å². The van der Waals surface area contributed by atoms with Crippen LogP contribution in [0, 0.1) is 5.41 Å². The minimum Gasteiger partial charge on any atom is -0.465 e. The smallest absolute Gasteiger partial charge is 0.337 e. The maximum absolute atomic E-state index is 12.5. The molecule has 1 aromatic carbocycles. The van der Waals surface area contributed by atoms with E-state index < -0.39 is 11.8 Å². The highest BCUT2D eigenvalue weighted by Crippen LogP contribution is 2.38. The van der Waals surface area contributed by atoms with E-state index >= 15 is 0 Å². The fraction of sp³-hybridized carbons (Fsp3) is 0.529. The van der Waals surface area contributed by atoms with E-state index in [1.807, 2.05) is 13.8 Å². The van der Waals surface area contributed by atoms with Crippen LogP contribution in [0.2, 0.25) is 0 Å². The first kappa shape index (κ1) is 16.0. The number of carbonyl (C=O) groups is 2. The van der Waals surface area contributed by atoms with Crippen LogP contribution in [-0.2, 0) is 14.2 Å². The Morgan fingerprint density at radius 2 is 1.57 bits per heavy atom. The Labute approximate surface area is 135 Å². The van der Waals surface area contributed by atoms with Gasteiger partial charge in [-0.1, -0.05) is 0 Å². The average molecular weight is 319 g/mol. The molecule has 0 radical (unpaired) electrons. The Morgan fingerprint density at radius 1 is 1.04 bits per heavy atom. The third kappa shape index (κ3) is 3.09. The lowest BCUT2D eigenvalue weighted by Gasteiger charge is -2.54. The molecule has 0 N–H and O–H groups in total. The van der Waals surface area contributed by atoms with Crippen LogP contribution in [0.15, 0.2) is 24.3 Å². The van der Waals surface area contributed by atoms with Gasteiger partial charge in [-0.2, -0.15) is 0 Å². The van der Waals surface area contributed by atoms with Crippen LogP contribution in [0.3, 0.4) is 0 Å². The van der Waals surface area contributed by atoms with E-state index in [-0.39, 0.29) is 11.3 Å². The molecule has 124 valence electrons. The molecule has 6 heteroatoms. The molecular weight excluding hydrogens is 298 g/mol. The van der Waals surface area contributed by atoms with Crippen molar-refractivity contribution >= 4 is 11.9 Å². The summed E-state index contributed by atoms with van der Waals surface area (Å²) in [6, 6.07) is 6.50. The van der Waals surface area contributed by atoms with E-state index in [0.29, 0.717) is 37.4 Å². The van der Waals surface area contributed by atoms with Crippen molar-refractivity contribution in [2.45, 2.75) is 19.6 Å². The molecule has 2 aliphatic heterocycles. The molecule has 0 aromatic heterocycles. The number of hydrogen-bond donors (Lipinski definition) is 0. The van der Waals surface area contributed by atoms with Crippen molar-refractivity contribution in [2.24, 2.45) is 5.41 Å². The number of amides is 1. The summed E-state index contributed by atoms with van der Waals surface area (Å²) in [6.45, 7) is 6.24. The van der Waals surface area contributed by atoms with Gasteiger partial charge in [0, 0.05) is 18.7 Å². The molecule has 1 amide bonds. The Hall–Kier alpha value is -1.92. The van der Waals surface area contributed by atoms with Crippen molar-refractivity contribution in [3.63, 3.8) is 0 Å². The first-order valence-corrected chi connectivity index (χ1v) is 7.60. The summed E-state index contributed by atoms with van der Waals surface area (Å²) in [5.74, 6) is -0.998. The maximum Gasteiger partial charge on any atom is 0.337 e. The Morgan fingerprint density at radius 3 is 2.09 bits per heavy atom. The van der Waals surface area contributed by atoms with E-state index in [1.165, 1.54) is 7.11 Å². The maximum atomic E-state index is 12.5. The standard InChI is InChI=1S/C17H21NO5/c1-16(2)22-10-17(11-23-16)8-18(9-17)14(19)12-4-6-13(7-5-12)15(20)21-3/h4-7H,8-11H2,1-3H3. The van der Waals surface area contributed by atoms with Crippen LogP contribution in [0.4, 0.5) is 0 Å². The molecule has 6 nitrogen and oxygen atoms in total. The minimum absolute atomic E-state index is 0.0446. The van der Waals surface area contributed by atoms with Crippen molar-refractivity contribution in [3.8, 4) is 0 Å². The molecule has 2 fully saturated rings. The topological polar surface area (TPSA) is 65.1 Å². The number of carbonyl (C=O) groups excluding carboxylic acids is 2. The van der Waals surface area contributed by atoms with Crippen molar-refractivity contribution in [1.82, 2.24) is 4.90 Å². The lowest BCUT2D eigenvalue weighted by molar-refractivity contribution is -0.301. The van der Waals surface area contributed by atoms with Gasteiger partial charge in [-0.25, -0.2) is 4.79 Å². The normalized spacial score (nSPS) is 21.6. The Bertz CT molecular complexity index is 604. The zero-order valence-corrected chi connectivity index (χ0v) is 13.6. The number of benzene rings is 1. The van der Waals surface area contributed by atoms with Gasteiger partial charge in [0.15, 0.2) is 5.79 Å². The minimum atomic E-state index is -0.542. The summed E-state index contributed by atoms with van der Waals surface area (Å²) >= 11 is 0. The predicted octanol–water partition coefficient (Wildman–Crippen LogP) is 1.70. The number of nitrogens with zero attached hydrogens (tertiary/aromatic N) is 1. The van der Waals surface area contributed by atoms with Gasteiger partial charge in [0.25, 0.3) is 5.91 Å². The summed E-state index contributed by atoms with van der Waals surface area (Å²) in [4.78, 5) is 25.6. The summed E-state index contributed by atoms with van der Waals surface area (Å²) < 4.78 is 16.0. The molecule has 2 aliphatic rings. The van der Waals surface area contributed by atoms with Crippen molar-refractivity contribution in [1.29, 1.82) is 0 Å². The van der Waals surface area contributed by atoms with Gasteiger partial charge < -0.3 is 19.1 Å². The Balaban J connectivity index is 1.60. The van der Waals surface area contributed by atoms with E-state index in [0.717, 1.165) is 0 Å². The van der Waals surface area contributed by atoms with Gasteiger partial charge in [-0.3, -0.25) is 4.79 Å². The van der Waals surface area contributed by atoms with Gasteiger partial charge in [0.05, 0.1) is 31.3 Å². The molecule has 2 saturated heterocycles. The van der Waals surface area contributed by atoms with Crippen molar-refractivity contribution < 1.29 is 23.8 Å². The molecule has 0 unspecified atom stereocenters. The van der Waals surface area contributed by atoms with Gasteiger partial charge >= 0.3 is 5.97 Å². The third-order valence-corrected chi connectivity index (χ3v) is 4.34. The van der Waals surface area contributed by atoms with E-state index in [4.69, 9.17) is 9.47 Å². The number of rotatable bonds is 2.